The minimum absolute atomic E-state index is 0.0522. The summed E-state index contributed by atoms with van der Waals surface area (Å²) in [5, 5.41) is 4.09. The van der Waals surface area contributed by atoms with Crippen molar-refractivity contribution < 1.29 is 9.53 Å². The predicted octanol–water partition coefficient (Wildman–Crippen LogP) is 4.40. The number of nitrogens with one attached hydrogen (secondary N) is 2. The van der Waals surface area contributed by atoms with Crippen LogP contribution in [0.1, 0.15) is 25.1 Å². The predicted molar refractivity (Wildman–Crippen MR) is 97.7 cm³/mol. The summed E-state index contributed by atoms with van der Waals surface area (Å²) >= 11 is 0. The van der Waals surface area contributed by atoms with Crippen molar-refractivity contribution in [3.05, 3.63) is 59.8 Å². The minimum Gasteiger partial charge on any atom is -0.497 e. The molecule has 0 unspecified atom stereocenters. The van der Waals surface area contributed by atoms with Gasteiger partial charge in [-0.2, -0.15) is 0 Å². The van der Waals surface area contributed by atoms with Gasteiger partial charge in [0.05, 0.1) is 12.5 Å². The van der Waals surface area contributed by atoms with E-state index in [4.69, 9.17) is 4.74 Å². The number of fused-ring (bicyclic) bond motifs is 1. The van der Waals surface area contributed by atoms with E-state index in [9.17, 15) is 4.79 Å². The zero-order chi connectivity index (χ0) is 17.3. The molecular weight excluding hydrogens is 300 g/mol. The summed E-state index contributed by atoms with van der Waals surface area (Å²) in [5.74, 6) is 0.664. The van der Waals surface area contributed by atoms with Crippen molar-refractivity contribution in [1.29, 1.82) is 0 Å². The van der Waals surface area contributed by atoms with Crippen molar-refractivity contribution in [1.82, 2.24) is 4.98 Å². The van der Waals surface area contributed by atoms with E-state index in [1.807, 2.05) is 63.2 Å². The number of aromatic amines is 1. The number of ether oxygens (including phenoxy) is 1. The molecule has 24 heavy (non-hydrogen) atoms. The van der Waals surface area contributed by atoms with Gasteiger partial charge in [0.15, 0.2) is 0 Å². The highest BCUT2D eigenvalue weighted by Crippen LogP contribution is 2.34. The molecule has 0 saturated heterocycles. The van der Waals surface area contributed by atoms with Gasteiger partial charge in [0.1, 0.15) is 5.75 Å². The molecule has 0 radical (unpaired) electrons. The minimum atomic E-state index is -0.674. The van der Waals surface area contributed by atoms with Gasteiger partial charge >= 0.3 is 0 Å². The van der Waals surface area contributed by atoms with E-state index >= 15 is 0 Å². The summed E-state index contributed by atoms with van der Waals surface area (Å²) in [4.78, 5) is 16.3. The summed E-state index contributed by atoms with van der Waals surface area (Å²) in [5.41, 5.74) is 3.14. The Bertz CT molecular complexity index is 894. The van der Waals surface area contributed by atoms with Gasteiger partial charge in [-0.3, -0.25) is 4.79 Å². The monoisotopic (exact) mass is 322 g/mol. The fraction of sp³-hybridized carbons (Fsp3) is 0.250. The number of methoxy groups -OCH3 is 1. The summed E-state index contributed by atoms with van der Waals surface area (Å²) in [7, 11) is 1.61. The molecule has 1 aromatic heterocycles. The number of carbonyl (C=O) groups is 1. The van der Waals surface area contributed by atoms with Crippen LogP contribution in [0.25, 0.3) is 10.9 Å². The molecule has 3 rings (SSSR count). The maximum absolute atomic E-state index is 13.0. The van der Waals surface area contributed by atoms with Crippen LogP contribution in [-0.2, 0) is 10.2 Å². The number of H-pyrrole nitrogens is 1. The molecule has 0 aliphatic carbocycles. The van der Waals surface area contributed by atoms with E-state index in [2.05, 4.69) is 16.4 Å². The molecule has 0 spiro atoms. The Hall–Kier alpha value is -2.75. The largest absolute Gasteiger partial charge is 0.497 e. The van der Waals surface area contributed by atoms with E-state index in [1.54, 1.807) is 7.11 Å². The Morgan fingerprint density at radius 2 is 1.88 bits per heavy atom. The summed E-state index contributed by atoms with van der Waals surface area (Å²) in [6, 6.07) is 15.5. The molecule has 0 saturated carbocycles. The molecule has 1 heterocycles. The van der Waals surface area contributed by atoms with Crippen molar-refractivity contribution >= 4 is 22.5 Å². The first-order chi connectivity index (χ1) is 11.4. The number of amides is 1. The number of hydrogen-bond donors (Lipinski definition) is 2. The Kier molecular flexibility index (Phi) is 4.06. The average molecular weight is 322 g/mol. The van der Waals surface area contributed by atoms with Gasteiger partial charge in [-0.1, -0.05) is 24.3 Å². The van der Waals surface area contributed by atoms with Crippen LogP contribution in [0.3, 0.4) is 0 Å². The van der Waals surface area contributed by atoms with Crippen molar-refractivity contribution in [2.45, 2.75) is 26.2 Å². The van der Waals surface area contributed by atoms with Crippen LogP contribution in [0.15, 0.2) is 48.5 Å². The van der Waals surface area contributed by atoms with Gasteiger partial charge < -0.3 is 15.0 Å². The lowest BCUT2D eigenvalue weighted by atomic mass is 9.81. The number of anilines is 1. The van der Waals surface area contributed by atoms with E-state index < -0.39 is 5.41 Å². The zero-order valence-corrected chi connectivity index (χ0v) is 14.4. The lowest BCUT2D eigenvalue weighted by molar-refractivity contribution is -0.120. The normalized spacial score (nSPS) is 11.5. The highest BCUT2D eigenvalue weighted by molar-refractivity contribution is 6.02. The highest BCUT2D eigenvalue weighted by atomic mass is 16.5. The number of benzene rings is 2. The van der Waals surface area contributed by atoms with Gasteiger partial charge in [0, 0.05) is 28.4 Å². The van der Waals surface area contributed by atoms with Gasteiger partial charge in [0.2, 0.25) is 5.91 Å². The quantitative estimate of drug-likeness (QED) is 0.748. The maximum Gasteiger partial charge on any atom is 0.234 e. The first-order valence-corrected chi connectivity index (χ1v) is 7.97. The van der Waals surface area contributed by atoms with Crippen LogP contribution in [0, 0.1) is 6.92 Å². The highest BCUT2D eigenvalue weighted by Gasteiger charge is 2.34. The molecule has 0 fully saturated rings. The Morgan fingerprint density at radius 3 is 2.62 bits per heavy atom. The Morgan fingerprint density at radius 1 is 1.12 bits per heavy atom. The SMILES string of the molecule is COc1cccc(NC(=O)C(C)(C)c2c(C)[nH]c3ccccc23)c1. The lowest BCUT2D eigenvalue weighted by Crippen LogP contribution is -2.35. The Balaban J connectivity index is 1.96. The molecule has 4 nitrogen and oxygen atoms in total. The first-order valence-electron chi connectivity index (χ1n) is 7.97. The second-order valence-corrected chi connectivity index (χ2v) is 6.48. The van der Waals surface area contributed by atoms with Crippen LogP contribution in [0.2, 0.25) is 0 Å². The van der Waals surface area contributed by atoms with Crippen LogP contribution in [-0.4, -0.2) is 18.0 Å². The second kappa shape index (κ2) is 6.04. The van der Waals surface area contributed by atoms with Crippen LogP contribution >= 0.6 is 0 Å². The first kappa shape index (κ1) is 16.1. The molecule has 1 amide bonds. The van der Waals surface area contributed by atoms with E-state index in [0.29, 0.717) is 5.75 Å². The third-order valence-corrected chi connectivity index (χ3v) is 4.41. The van der Waals surface area contributed by atoms with Crippen LogP contribution < -0.4 is 10.1 Å². The summed E-state index contributed by atoms with van der Waals surface area (Å²) in [6.07, 6.45) is 0. The van der Waals surface area contributed by atoms with Gasteiger partial charge in [-0.05, 0) is 44.5 Å². The fourth-order valence-corrected chi connectivity index (χ4v) is 3.18. The molecule has 0 atom stereocenters. The molecule has 2 N–H and O–H groups in total. The number of rotatable bonds is 4. The molecule has 3 aromatic rings. The molecule has 4 heteroatoms. The number of aromatic nitrogens is 1. The molecule has 0 aliphatic rings. The van der Waals surface area contributed by atoms with Crippen LogP contribution in [0.5, 0.6) is 5.75 Å². The lowest BCUT2D eigenvalue weighted by Gasteiger charge is -2.25. The zero-order valence-electron chi connectivity index (χ0n) is 14.4. The van der Waals surface area contributed by atoms with Crippen molar-refractivity contribution in [3.8, 4) is 5.75 Å². The number of carbonyl (C=O) groups excluding carboxylic acids is 1. The number of hydrogen-bond acceptors (Lipinski definition) is 2. The maximum atomic E-state index is 13.0. The third kappa shape index (κ3) is 2.75. The Labute approximate surface area is 141 Å². The number of aryl methyl sites for hydroxylation is 1. The molecule has 2 aromatic carbocycles. The van der Waals surface area contributed by atoms with E-state index in [-0.39, 0.29) is 5.91 Å². The smallest absolute Gasteiger partial charge is 0.234 e. The van der Waals surface area contributed by atoms with Gasteiger partial charge in [-0.15, -0.1) is 0 Å². The van der Waals surface area contributed by atoms with Crippen LogP contribution in [0.4, 0.5) is 5.69 Å². The van der Waals surface area contributed by atoms with E-state index in [0.717, 1.165) is 27.8 Å². The van der Waals surface area contributed by atoms with Gasteiger partial charge in [0.25, 0.3) is 0 Å². The van der Waals surface area contributed by atoms with Crippen molar-refractivity contribution in [3.63, 3.8) is 0 Å². The van der Waals surface area contributed by atoms with Crippen molar-refractivity contribution in [2.24, 2.45) is 0 Å². The average Bonchev–Trinajstić information content (AvgIpc) is 2.91. The van der Waals surface area contributed by atoms with Crippen molar-refractivity contribution in [2.75, 3.05) is 12.4 Å². The third-order valence-electron chi connectivity index (χ3n) is 4.41. The number of para-hydroxylation sites is 1. The standard InChI is InChI=1S/C20H22N2O2/c1-13-18(16-10-5-6-11-17(16)21-13)20(2,3)19(23)22-14-8-7-9-15(12-14)24-4/h5-12,21H,1-4H3,(H,22,23). The molecule has 0 aliphatic heterocycles. The second-order valence-electron chi connectivity index (χ2n) is 6.48. The topological polar surface area (TPSA) is 54.1 Å². The fourth-order valence-electron chi connectivity index (χ4n) is 3.18. The molecular formula is C20H22N2O2. The molecule has 0 bridgehead atoms. The molecule has 124 valence electrons. The summed E-state index contributed by atoms with van der Waals surface area (Å²) in [6.45, 7) is 5.91. The van der Waals surface area contributed by atoms with Gasteiger partial charge in [-0.25, -0.2) is 0 Å². The van der Waals surface area contributed by atoms with E-state index in [1.165, 1.54) is 0 Å². The summed E-state index contributed by atoms with van der Waals surface area (Å²) < 4.78 is 5.21.